The van der Waals surface area contributed by atoms with E-state index in [2.05, 4.69) is 10.3 Å². The molecule has 0 saturated heterocycles. The minimum Gasteiger partial charge on any atom is -0.481 e. The number of carbonyl (C=O) groups is 2. The first-order valence-electron chi connectivity index (χ1n) is 12.5. The molecule has 9 heteroatoms. The van der Waals surface area contributed by atoms with Crippen molar-refractivity contribution in [2.45, 2.75) is 82.0 Å². The normalized spacial score (nSPS) is 16.9. The summed E-state index contributed by atoms with van der Waals surface area (Å²) in [6, 6.07) is 7.00. The lowest BCUT2D eigenvalue weighted by Crippen LogP contribution is -2.13. The fourth-order valence-corrected chi connectivity index (χ4v) is 5.69. The van der Waals surface area contributed by atoms with Gasteiger partial charge < -0.3 is 14.2 Å². The van der Waals surface area contributed by atoms with Crippen LogP contribution in [0.4, 0.5) is 0 Å². The Morgan fingerprint density at radius 2 is 1.81 bits per heavy atom. The third-order valence-corrected chi connectivity index (χ3v) is 7.82. The molecule has 0 amide bonds. The van der Waals surface area contributed by atoms with Crippen LogP contribution in [0.2, 0.25) is 10.0 Å². The summed E-state index contributed by atoms with van der Waals surface area (Å²) in [6.07, 6.45) is 7.08. The predicted molar refractivity (Wildman–Crippen MR) is 135 cm³/mol. The first kappa shape index (κ1) is 25.0. The van der Waals surface area contributed by atoms with Crippen LogP contribution >= 0.6 is 23.2 Å². The van der Waals surface area contributed by atoms with Crippen molar-refractivity contribution >= 4 is 35.0 Å². The molecule has 0 spiro atoms. The molecule has 1 aromatic carbocycles. The van der Waals surface area contributed by atoms with Gasteiger partial charge in [0, 0.05) is 52.8 Å². The van der Waals surface area contributed by atoms with Gasteiger partial charge in [-0.15, -0.1) is 0 Å². The van der Waals surface area contributed by atoms with Gasteiger partial charge in [-0.05, 0) is 55.7 Å². The maximum Gasteiger partial charge on any atom is 0.303 e. The van der Waals surface area contributed by atoms with Crippen LogP contribution in [-0.4, -0.2) is 27.2 Å². The van der Waals surface area contributed by atoms with E-state index in [0.717, 1.165) is 37.0 Å². The van der Waals surface area contributed by atoms with Gasteiger partial charge in [-0.3, -0.25) is 9.59 Å². The summed E-state index contributed by atoms with van der Waals surface area (Å²) < 4.78 is 11.5. The van der Waals surface area contributed by atoms with E-state index in [1.165, 1.54) is 12.8 Å². The van der Waals surface area contributed by atoms with E-state index in [1.807, 2.05) is 6.07 Å². The molecule has 1 N–H and O–H groups in total. The van der Waals surface area contributed by atoms with Crippen LogP contribution in [-0.2, 0) is 16.0 Å². The second kappa shape index (κ2) is 10.8. The molecule has 2 fully saturated rings. The predicted octanol–water partition coefficient (Wildman–Crippen LogP) is 7.32. The van der Waals surface area contributed by atoms with Crippen LogP contribution < -0.4 is 0 Å². The maximum atomic E-state index is 13.1. The van der Waals surface area contributed by atoms with Crippen molar-refractivity contribution in [3.63, 3.8) is 0 Å². The Labute approximate surface area is 219 Å². The number of carboxylic acids is 1. The summed E-state index contributed by atoms with van der Waals surface area (Å²) in [5, 5.41) is 18.9. The Morgan fingerprint density at radius 1 is 1.03 bits per heavy atom. The number of aliphatic carboxylic acids is 1. The lowest BCUT2D eigenvalue weighted by Gasteiger charge is -2.15. The second-order valence-electron chi connectivity index (χ2n) is 9.97. The molecule has 3 aromatic rings. The molecule has 0 aliphatic heterocycles. The van der Waals surface area contributed by atoms with Crippen LogP contribution in [0.5, 0.6) is 0 Å². The number of hydrogen-bond acceptors (Lipinski definition) is 6. The molecule has 2 saturated carbocycles. The zero-order chi connectivity index (χ0) is 25.2. The first-order valence-corrected chi connectivity index (χ1v) is 13.3. The summed E-state index contributed by atoms with van der Waals surface area (Å²) >= 11 is 12.2. The quantitative estimate of drug-likeness (QED) is 0.276. The molecule has 1 atom stereocenters. The van der Waals surface area contributed by atoms with E-state index < -0.39 is 5.97 Å². The van der Waals surface area contributed by atoms with Gasteiger partial charge in [-0.2, -0.15) is 0 Å². The summed E-state index contributed by atoms with van der Waals surface area (Å²) in [5.74, 6) is 0.760. The monoisotopic (exact) mass is 530 g/mol. The lowest BCUT2D eigenvalue weighted by molar-refractivity contribution is -0.137. The fourth-order valence-electron chi connectivity index (χ4n) is 5.21. The van der Waals surface area contributed by atoms with E-state index in [-0.39, 0.29) is 43.3 Å². The van der Waals surface area contributed by atoms with E-state index in [9.17, 15) is 14.7 Å². The van der Waals surface area contributed by atoms with Gasteiger partial charge >= 0.3 is 5.97 Å². The van der Waals surface area contributed by atoms with E-state index in [1.54, 1.807) is 18.2 Å². The molecule has 5 rings (SSSR count). The number of ketones is 1. The Balaban J connectivity index is 1.41. The highest BCUT2D eigenvalue weighted by atomic mass is 35.5. The van der Waals surface area contributed by atoms with Crippen molar-refractivity contribution in [3.8, 4) is 11.5 Å². The topological polar surface area (TPSA) is 106 Å². The molecule has 190 valence electrons. The molecule has 7 nitrogen and oxygen atoms in total. The number of Topliss-reactive ketones (excluding diaryl/α,β-unsaturated/α-hetero) is 1. The van der Waals surface area contributed by atoms with Crippen LogP contribution in [0.25, 0.3) is 11.5 Å². The number of aromatic nitrogens is 2. The molecule has 2 aliphatic carbocycles. The molecule has 0 bridgehead atoms. The minimum absolute atomic E-state index is 0.0501. The number of hydrogen-bond donors (Lipinski definition) is 1. The van der Waals surface area contributed by atoms with Gasteiger partial charge in [-0.25, -0.2) is 0 Å². The number of benzene rings is 1. The SMILES string of the molecule is O=C(O)CC[C@@H](CC(=O)Cc1ccc(Cl)cc1Cl)c1noc(-c2cc(C3CCCC3)on2)c1C1CC1. The molecule has 2 aromatic heterocycles. The molecule has 2 heterocycles. The molecule has 36 heavy (non-hydrogen) atoms. The fraction of sp³-hybridized carbons (Fsp3) is 0.481. The van der Waals surface area contributed by atoms with Gasteiger partial charge in [-0.1, -0.05) is 52.4 Å². The third kappa shape index (κ3) is 5.68. The zero-order valence-corrected chi connectivity index (χ0v) is 21.4. The highest BCUT2D eigenvalue weighted by molar-refractivity contribution is 6.35. The van der Waals surface area contributed by atoms with Crippen LogP contribution in [0.15, 0.2) is 33.3 Å². The van der Waals surface area contributed by atoms with Crippen molar-refractivity contribution in [2.75, 3.05) is 0 Å². The summed E-state index contributed by atoms with van der Waals surface area (Å²) in [4.78, 5) is 24.5. The smallest absolute Gasteiger partial charge is 0.303 e. The molecule has 0 unspecified atom stereocenters. The van der Waals surface area contributed by atoms with Gasteiger partial charge in [0.15, 0.2) is 11.5 Å². The van der Waals surface area contributed by atoms with Crippen molar-refractivity contribution in [1.82, 2.24) is 10.3 Å². The van der Waals surface area contributed by atoms with Crippen molar-refractivity contribution in [1.29, 1.82) is 0 Å². The highest BCUT2D eigenvalue weighted by Gasteiger charge is 2.37. The van der Waals surface area contributed by atoms with Crippen molar-refractivity contribution in [3.05, 3.63) is 56.9 Å². The van der Waals surface area contributed by atoms with Crippen LogP contribution in [0, 0.1) is 0 Å². The Bertz CT molecular complexity index is 1260. The van der Waals surface area contributed by atoms with Gasteiger partial charge in [0.2, 0.25) is 0 Å². The standard InChI is InChI=1S/C27H28Cl2N2O5/c28-19-9-7-17(21(29)13-19)11-20(32)12-18(8-10-24(33)34)26-25(16-5-6-16)27(36-31-26)22-14-23(35-30-22)15-3-1-2-4-15/h7,9,13-16,18H,1-6,8,10-12H2,(H,33,34)/t18-/m0/s1. The summed E-state index contributed by atoms with van der Waals surface area (Å²) in [7, 11) is 0. The average Bonchev–Trinajstić information content (AvgIpc) is 3.22. The number of carboxylic acid groups (broad SMARTS) is 1. The molecular weight excluding hydrogens is 503 g/mol. The van der Waals surface area contributed by atoms with Crippen LogP contribution in [0.3, 0.4) is 0 Å². The van der Waals surface area contributed by atoms with Crippen LogP contribution in [0.1, 0.15) is 98.1 Å². The Kier molecular flexibility index (Phi) is 7.49. The molecular formula is C27H28Cl2N2O5. The van der Waals surface area contributed by atoms with Gasteiger partial charge in [0.05, 0.1) is 5.69 Å². The zero-order valence-electron chi connectivity index (χ0n) is 19.8. The van der Waals surface area contributed by atoms with Crippen molar-refractivity contribution in [2.24, 2.45) is 0 Å². The largest absolute Gasteiger partial charge is 0.481 e. The Morgan fingerprint density at radius 3 is 2.50 bits per heavy atom. The van der Waals surface area contributed by atoms with Crippen molar-refractivity contribution < 1.29 is 23.7 Å². The summed E-state index contributed by atoms with van der Waals surface area (Å²) in [6.45, 7) is 0. The number of rotatable bonds is 11. The first-order chi connectivity index (χ1) is 17.4. The highest BCUT2D eigenvalue weighted by Crippen LogP contribution is 2.49. The number of nitrogens with zero attached hydrogens (tertiary/aromatic N) is 2. The second-order valence-corrected chi connectivity index (χ2v) is 10.8. The minimum atomic E-state index is -0.914. The van der Waals surface area contributed by atoms with Gasteiger partial charge in [0.1, 0.15) is 11.5 Å². The summed E-state index contributed by atoms with van der Waals surface area (Å²) in [5.41, 5.74) is 2.91. The number of carbonyl (C=O) groups excluding carboxylic acids is 1. The van der Waals surface area contributed by atoms with E-state index in [4.69, 9.17) is 32.2 Å². The molecule has 0 radical (unpaired) electrons. The number of halogens is 2. The van der Waals surface area contributed by atoms with Gasteiger partial charge in [0.25, 0.3) is 0 Å². The third-order valence-electron chi connectivity index (χ3n) is 7.23. The maximum absolute atomic E-state index is 13.1. The average molecular weight is 531 g/mol. The lowest BCUT2D eigenvalue weighted by atomic mass is 9.87. The van der Waals surface area contributed by atoms with E-state index in [0.29, 0.717) is 38.7 Å². The molecule has 2 aliphatic rings. The Hall–Kier alpha value is -2.64. The van der Waals surface area contributed by atoms with E-state index >= 15 is 0 Å².